The molecule has 0 saturated carbocycles. The lowest BCUT2D eigenvalue weighted by Gasteiger charge is -2.22. The molecule has 0 saturated heterocycles. The zero-order valence-corrected chi connectivity index (χ0v) is 12.9. The van der Waals surface area contributed by atoms with Gasteiger partial charge in [0.1, 0.15) is 5.69 Å². The molecule has 0 aliphatic rings. The molecule has 2 heterocycles. The van der Waals surface area contributed by atoms with Crippen LogP contribution >= 0.6 is 0 Å². The molecule has 0 bridgehead atoms. The van der Waals surface area contributed by atoms with Crippen LogP contribution in [0.2, 0.25) is 0 Å². The summed E-state index contributed by atoms with van der Waals surface area (Å²) >= 11 is 0. The summed E-state index contributed by atoms with van der Waals surface area (Å²) in [6.45, 7) is 2.91. The summed E-state index contributed by atoms with van der Waals surface area (Å²) in [7, 11) is 0. The number of imidazole rings is 1. The Kier molecular flexibility index (Phi) is 4.47. The van der Waals surface area contributed by atoms with Crippen LogP contribution in [0.5, 0.6) is 0 Å². The number of carbonyl (C=O) groups is 1. The van der Waals surface area contributed by atoms with Gasteiger partial charge in [-0.2, -0.15) is 0 Å². The standard InChI is InChI=1S/C18H18N4O/c1-14-17(21-13-20-14)12-22(11-15-7-3-2-4-8-15)18(23)16-9-5-6-10-19-16/h2-10,13H,11-12H2,1H3,(H,20,21). The third-order valence-corrected chi connectivity index (χ3v) is 3.66. The second-order valence-electron chi connectivity index (χ2n) is 5.34. The summed E-state index contributed by atoms with van der Waals surface area (Å²) in [5.74, 6) is -0.100. The van der Waals surface area contributed by atoms with Gasteiger partial charge in [0.25, 0.3) is 5.91 Å². The van der Waals surface area contributed by atoms with E-state index in [0.29, 0.717) is 18.8 Å². The molecule has 5 heteroatoms. The highest BCUT2D eigenvalue weighted by atomic mass is 16.2. The van der Waals surface area contributed by atoms with Crippen LogP contribution in [0.1, 0.15) is 27.4 Å². The van der Waals surface area contributed by atoms with Crippen LogP contribution in [-0.2, 0) is 13.1 Å². The fourth-order valence-corrected chi connectivity index (χ4v) is 2.38. The van der Waals surface area contributed by atoms with Crippen molar-refractivity contribution >= 4 is 5.91 Å². The van der Waals surface area contributed by atoms with Crippen molar-refractivity contribution < 1.29 is 4.79 Å². The Hall–Kier alpha value is -2.95. The van der Waals surface area contributed by atoms with E-state index in [0.717, 1.165) is 17.0 Å². The molecule has 5 nitrogen and oxygen atoms in total. The third-order valence-electron chi connectivity index (χ3n) is 3.66. The number of carbonyl (C=O) groups excluding carboxylic acids is 1. The normalized spacial score (nSPS) is 10.5. The van der Waals surface area contributed by atoms with E-state index in [1.807, 2.05) is 43.3 Å². The maximum Gasteiger partial charge on any atom is 0.273 e. The molecule has 0 aliphatic heterocycles. The quantitative estimate of drug-likeness (QED) is 0.788. The van der Waals surface area contributed by atoms with Gasteiger partial charge in [-0.05, 0) is 24.6 Å². The molecule has 0 fully saturated rings. The molecule has 0 radical (unpaired) electrons. The Morgan fingerprint density at radius 1 is 1.04 bits per heavy atom. The number of H-pyrrole nitrogens is 1. The Morgan fingerprint density at radius 3 is 2.48 bits per heavy atom. The molecule has 1 amide bonds. The van der Waals surface area contributed by atoms with Crippen molar-refractivity contribution in [2.45, 2.75) is 20.0 Å². The van der Waals surface area contributed by atoms with Gasteiger partial charge in [-0.25, -0.2) is 4.98 Å². The van der Waals surface area contributed by atoms with Gasteiger partial charge in [0.15, 0.2) is 0 Å². The molecule has 23 heavy (non-hydrogen) atoms. The summed E-state index contributed by atoms with van der Waals surface area (Å²) in [6.07, 6.45) is 3.28. The summed E-state index contributed by atoms with van der Waals surface area (Å²) in [4.78, 5) is 26.1. The van der Waals surface area contributed by atoms with Crippen molar-refractivity contribution in [2.75, 3.05) is 0 Å². The van der Waals surface area contributed by atoms with Gasteiger partial charge in [0.05, 0.1) is 18.6 Å². The van der Waals surface area contributed by atoms with Gasteiger partial charge in [-0.3, -0.25) is 9.78 Å². The van der Waals surface area contributed by atoms with Gasteiger partial charge in [-0.1, -0.05) is 36.4 Å². The van der Waals surface area contributed by atoms with E-state index in [1.165, 1.54) is 0 Å². The number of aromatic amines is 1. The molecule has 0 aliphatic carbocycles. The minimum Gasteiger partial charge on any atom is -0.348 e. The summed E-state index contributed by atoms with van der Waals surface area (Å²) in [6, 6.07) is 15.3. The molecular weight excluding hydrogens is 288 g/mol. The third kappa shape index (κ3) is 3.63. The van der Waals surface area contributed by atoms with Gasteiger partial charge in [0.2, 0.25) is 0 Å². The zero-order valence-electron chi connectivity index (χ0n) is 12.9. The number of amides is 1. The van der Waals surface area contributed by atoms with Gasteiger partial charge in [0, 0.05) is 18.4 Å². The number of nitrogens with zero attached hydrogens (tertiary/aromatic N) is 3. The molecule has 0 spiro atoms. The predicted molar refractivity (Wildman–Crippen MR) is 87.6 cm³/mol. The van der Waals surface area contributed by atoms with Crippen LogP contribution in [0.4, 0.5) is 0 Å². The van der Waals surface area contributed by atoms with Crippen LogP contribution in [0.15, 0.2) is 61.1 Å². The molecule has 0 atom stereocenters. The Bertz CT molecular complexity index is 768. The van der Waals surface area contributed by atoms with Gasteiger partial charge < -0.3 is 9.88 Å². The number of nitrogens with one attached hydrogen (secondary N) is 1. The maximum atomic E-state index is 12.8. The second kappa shape index (κ2) is 6.87. The molecule has 3 rings (SSSR count). The van der Waals surface area contributed by atoms with E-state index >= 15 is 0 Å². The molecule has 2 aromatic heterocycles. The molecule has 3 aromatic rings. The largest absolute Gasteiger partial charge is 0.348 e. The highest BCUT2D eigenvalue weighted by molar-refractivity contribution is 5.92. The number of aromatic nitrogens is 3. The van der Waals surface area contributed by atoms with Crippen LogP contribution in [0, 0.1) is 6.92 Å². The highest BCUT2D eigenvalue weighted by Crippen LogP contribution is 2.13. The first-order valence-corrected chi connectivity index (χ1v) is 7.47. The lowest BCUT2D eigenvalue weighted by Crippen LogP contribution is -2.31. The number of hydrogen-bond acceptors (Lipinski definition) is 3. The van der Waals surface area contributed by atoms with E-state index in [-0.39, 0.29) is 5.91 Å². The maximum absolute atomic E-state index is 12.8. The van der Waals surface area contributed by atoms with Crippen LogP contribution in [-0.4, -0.2) is 25.8 Å². The summed E-state index contributed by atoms with van der Waals surface area (Å²) in [5, 5.41) is 0. The monoisotopic (exact) mass is 306 g/mol. The van der Waals surface area contributed by atoms with Crippen LogP contribution in [0.3, 0.4) is 0 Å². The minimum atomic E-state index is -0.100. The number of hydrogen-bond donors (Lipinski definition) is 1. The number of aryl methyl sites for hydroxylation is 1. The van der Waals surface area contributed by atoms with Crippen LogP contribution < -0.4 is 0 Å². The smallest absolute Gasteiger partial charge is 0.273 e. The molecule has 116 valence electrons. The Balaban J connectivity index is 1.86. The summed E-state index contributed by atoms with van der Waals surface area (Å²) in [5.41, 5.74) is 3.35. The number of benzene rings is 1. The first-order valence-electron chi connectivity index (χ1n) is 7.47. The van der Waals surface area contributed by atoms with E-state index in [9.17, 15) is 4.79 Å². The van der Waals surface area contributed by atoms with E-state index < -0.39 is 0 Å². The molecule has 0 unspecified atom stereocenters. The van der Waals surface area contributed by atoms with Crippen molar-refractivity contribution in [2.24, 2.45) is 0 Å². The van der Waals surface area contributed by atoms with Crippen molar-refractivity contribution in [3.8, 4) is 0 Å². The molecule has 1 aromatic carbocycles. The van der Waals surface area contributed by atoms with Crippen molar-refractivity contribution in [3.63, 3.8) is 0 Å². The first-order chi connectivity index (χ1) is 11.2. The van der Waals surface area contributed by atoms with Gasteiger partial charge in [-0.15, -0.1) is 0 Å². The number of pyridine rings is 1. The SMILES string of the molecule is Cc1[nH]cnc1CN(Cc1ccccc1)C(=O)c1ccccn1. The second-order valence-corrected chi connectivity index (χ2v) is 5.34. The predicted octanol–water partition coefficient (Wildman–Crippen LogP) is 2.96. The fraction of sp³-hybridized carbons (Fsp3) is 0.167. The van der Waals surface area contributed by atoms with E-state index in [4.69, 9.17) is 0 Å². The molecular formula is C18H18N4O. The zero-order chi connectivity index (χ0) is 16.1. The van der Waals surface area contributed by atoms with Crippen molar-refractivity contribution in [3.05, 3.63) is 83.7 Å². The van der Waals surface area contributed by atoms with Gasteiger partial charge >= 0.3 is 0 Å². The highest BCUT2D eigenvalue weighted by Gasteiger charge is 2.19. The fourth-order valence-electron chi connectivity index (χ4n) is 2.38. The van der Waals surface area contributed by atoms with Crippen molar-refractivity contribution in [1.29, 1.82) is 0 Å². The van der Waals surface area contributed by atoms with Crippen LogP contribution in [0.25, 0.3) is 0 Å². The molecule has 1 N–H and O–H groups in total. The lowest BCUT2D eigenvalue weighted by molar-refractivity contribution is 0.0722. The van der Waals surface area contributed by atoms with E-state index in [1.54, 1.807) is 29.6 Å². The average molecular weight is 306 g/mol. The average Bonchev–Trinajstić information content (AvgIpc) is 3.00. The van der Waals surface area contributed by atoms with E-state index in [2.05, 4.69) is 15.0 Å². The summed E-state index contributed by atoms with van der Waals surface area (Å²) < 4.78 is 0. The topological polar surface area (TPSA) is 61.9 Å². The first kappa shape index (κ1) is 15.0. The Morgan fingerprint density at radius 2 is 1.83 bits per heavy atom. The Labute approximate surface area is 135 Å². The lowest BCUT2D eigenvalue weighted by atomic mass is 10.2. The minimum absolute atomic E-state index is 0.100. The van der Waals surface area contributed by atoms with Crippen molar-refractivity contribution in [1.82, 2.24) is 19.9 Å². The number of rotatable bonds is 5.